The van der Waals surface area contributed by atoms with Crippen LogP contribution in [-0.4, -0.2) is 22.6 Å². The van der Waals surface area contributed by atoms with Gasteiger partial charge in [-0.1, -0.05) is 29.8 Å². The number of hydrogen-bond acceptors (Lipinski definition) is 2. The number of aromatic nitrogens is 2. The lowest BCUT2D eigenvalue weighted by atomic mass is 10.1. The molecule has 1 aromatic heterocycles. The molecule has 0 aliphatic carbocycles. The summed E-state index contributed by atoms with van der Waals surface area (Å²) in [7, 11) is 0. The van der Waals surface area contributed by atoms with Gasteiger partial charge in [-0.15, -0.1) is 0 Å². The van der Waals surface area contributed by atoms with Crippen LogP contribution in [0.15, 0.2) is 36.5 Å². The number of nitrogens with one attached hydrogen (secondary N) is 2. The summed E-state index contributed by atoms with van der Waals surface area (Å²) in [5.74, 6) is -0.0254. The maximum absolute atomic E-state index is 11.7. The minimum absolute atomic E-state index is 0.0254. The number of benzene rings is 1. The first-order chi connectivity index (χ1) is 8.75. The normalized spacial score (nSPS) is 10.3. The maximum Gasteiger partial charge on any atom is 0.224 e. The molecule has 18 heavy (non-hydrogen) atoms. The lowest BCUT2D eigenvalue weighted by Crippen LogP contribution is -2.27. The molecule has 0 aliphatic heterocycles. The van der Waals surface area contributed by atoms with Gasteiger partial charge in [-0.05, 0) is 17.7 Å². The topological polar surface area (TPSA) is 57.8 Å². The number of halogens is 1. The maximum atomic E-state index is 11.7. The highest BCUT2D eigenvalue weighted by Crippen LogP contribution is 2.15. The minimum Gasteiger partial charge on any atom is -0.355 e. The van der Waals surface area contributed by atoms with Crippen LogP contribution in [-0.2, 0) is 17.6 Å². The Morgan fingerprint density at radius 2 is 2.17 bits per heavy atom. The van der Waals surface area contributed by atoms with Crippen molar-refractivity contribution in [3.8, 4) is 0 Å². The molecule has 94 valence electrons. The van der Waals surface area contributed by atoms with E-state index in [1.807, 2.05) is 24.3 Å². The molecule has 0 unspecified atom stereocenters. The molecule has 0 saturated carbocycles. The van der Waals surface area contributed by atoms with Crippen LogP contribution in [0.5, 0.6) is 0 Å². The van der Waals surface area contributed by atoms with E-state index in [1.54, 1.807) is 12.3 Å². The van der Waals surface area contributed by atoms with Crippen molar-refractivity contribution >= 4 is 17.5 Å². The lowest BCUT2D eigenvalue weighted by molar-refractivity contribution is -0.120. The fourth-order valence-electron chi connectivity index (χ4n) is 1.64. The summed E-state index contributed by atoms with van der Waals surface area (Å²) in [6.07, 6.45) is 2.75. The van der Waals surface area contributed by atoms with E-state index < -0.39 is 0 Å². The zero-order chi connectivity index (χ0) is 12.8. The second kappa shape index (κ2) is 6.21. The molecule has 0 saturated heterocycles. The van der Waals surface area contributed by atoms with Gasteiger partial charge in [-0.3, -0.25) is 9.89 Å². The van der Waals surface area contributed by atoms with E-state index in [1.165, 1.54) is 0 Å². The summed E-state index contributed by atoms with van der Waals surface area (Å²) >= 11 is 5.99. The molecule has 0 spiro atoms. The summed E-state index contributed by atoms with van der Waals surface area (Å²) < 4.78 is 0. The molecular formula is C13H14ClN3O. The second-order valence-corrected chi connectivity index (χ2v) is 4.36. The SMILES string of the molecule is O=C(Cc1ccccc1Cl)NCCc1ccn[nH]1. The quantitative estimate of drug-likeness (QED) is 0.866. The van der Waals surface area contributed by atoms with Crippen molar-refractivity contribution < 1.29 is 4.79 Å². The van der Waals surface area contributed by atoms with E-state index in [0.717, 1.165) is 17.7 Å². The first-order valence-corrected chi connectivity index (χ1v) is 6.12. The number of amides is 1. The van der Waals surface area contributed by atoms with Crippen molar-refractivity contribution in [3.63, 3.8) is 0 Å². The average Bonchev–Trinajstić information content (AvgIpc) is 2.85. The molecule has 1 amide bonds. The Hall–Kier alpha value is -1.81. The Kier molecular flexibility index (Phi) is 4.36. The summed E-state index contributed by atoms with van der Waals surface area (Å²) in [5, 5.41) is 10.2. The van der Waals surface area contributed by atoms with Crippen LogP contribution in [0.25, 0.3) is 0 Å². The van der Waals surface area contributed by atoms with Crippen molar-refractivity contribution in [3.05, 3.63) is 52.8 Å². The third kappa shape index (κ3) is 3.60. The number of hydrogen-bond donors (Lipinski definition) is 2. The standard InChI is InChI=1S/C13H14ClN3O/c14-12-4-2-1-3-10(12)9-13(18)15-7-5-11-6-8-16-17-11/h1-4,6,8H,5,7,9H2,(H,15,18)(H,16,17). The fourth-order valence-corrected chi connectivity index (χ4v) is 1.84. The monoisotopic (exact) mass is 263 g/mol. The van der Waals surface area contributed by atoms with Crippen LogP contribution in [0.1, 0.15) is 11.3 Å². The molecule has 2 rings (SSSR count). The molecule has 1 heterocycles. The van der Waals surface area contributed by atoms with Gasteiger partial charge in [-0.25, -0.2) is 0 Å². The van der Waals surface area contributed by atoms with E-state index in [4.69, 9.17) is 11.6 Å². The number of rotatable bonds is 5. The van der Waals surface area contributed by atoms with Gasteiger partial charge in [0.25, 0.3) is 0 Å². The van der Waals surface area contributed by atoms with Crippen LogP contribution in [0.3, 0.4) is 0 Å². The smallest absolute Gasteiger partial charge is 0.224 e. The molecular weight excluding hydrogens is 250 g/mol. The second-order valence-electron chi connectivity index (χ2n) is 3.95. The van der Waals surface area contributed by atoms with Crippen LogP contribution in [0.4, 0.5) is 0 Å². The number of nitrogens with zero attached hydrogens (tertiary/aromatic N) is 1. The fraction of sp³-hybridized carbons (Fsp3) is 0.231. The van der Waals surface area contributed by atoms with E-state index in [2.05, 4.69) is 15.5 Å². The summed E-state index contributed by atoms with van der Waals surface area (Å²) in [5.41, 5.74) is 1.85. The number of aromatic amines is 1. The predicted octanol–water partition coefficient (Wildman–Crippen LogP) is 1.96. The van der Waals surface area contributed by atoms with Gasteiger partial charge in [-0.2, -0.15) is 5.10 Å². The van der Waals surface area contributed by atoms with Crippen LogP contribution >= 0.6 is 11.6 Å². The molecule has 2 aromatic rings. The molecule has 0 radical (unpaired) electrons. The van der Waals surface area contributed by atoms with Crippen molar-refractivity contribution in [2.75, 3.05) is 6.54 Å². The Bertz CT molecular complexity index is 511. The number of carbonyl (C=O) groups excluding carboxylic acids is 1. The molecule has 5 heteroatoms. The summed E-state index contributed by atoms with van der Waals surface area (Å²) in [6, 6.07) is 9.26. The highest BCUT2D eigenvalue weighted by Gasteiger charge is 2.06. The highest BCUT2D eigenvalue weighted by atomic mass is 35.5. The average molecular weight is 264 g/mol. The van der Waals surface area contributed by atoms with Crippen LogP contribution in [0, 0.1) is 0 Å². The molecule has 1 aromatic carbocycles. The first-order valence-electron chi connectivity index (χ1n) is 5.74. The van der Waals surface area contributed by atoms with Crippen LogP contribution in [0.2, 0.25) is 5.02 Å². The first kappa shape index (κ1) is 12.6. The van der Waals surface area contributed by atoms with Crippen molar-refractivity contribution in [1.82, 2.24) is 15.5 Å². The van der Waals surface area contributed by atoms with Gasteiger partial charge in [0.05, 0.1) is 6.42 Å². The van der Waals surface area contributed by atoms with Gasteiger partial charge in [0.15, 0.2) is 0 Å². The largest absolute Gasteiger partial charge is 0.355 e. The summed E-state index contributed by atoms with van der Waals surface area (Å²) in [4.78, 5) is 11.7. The Morgan fingerprint density at radius 3 is 2.89 bits per heavy atom. The Labute approximate surface area is 110 Å². The molecule has 2 N–H and O–H groups in total. The van der Waals surface area contributed by atoms with Gasteiger partial charge in [0, 0.05) is 29.9 Å². The van der Waals surface area contributed by atoms with E-state index in [9.17, 15) is 4.79 Å². The van der Waals surface area contributed by atoms with E-state index in [0.29, 0.717) is 18.0 Å². The van der Waals surface area contributed by atoms with Gasteiger partial charge in [0.1, 0.15) is 0 Å². The van der Waals surface area contributed by atoms with Crippen LogP contribution < -0.4 is 5.32 Å². The number of carbonyl (C=O) groups is 1. The third-order valence-electron chi connectivity index (χ3n) is 2.58. The van der Waals surface area contributed by atoms with Gasteiger partial charge in [0.2, 0.25) is 5.91 Å². The molecule has 0 fully saturated rings. The lowest BCUT2D eigenvalue weighted by Gasteiger charge is -2.05. The van der Waals surface area contributed by atoms with Crippen molar-refractivity contribution in [2.45, 2.75) is 12.8 Å². The third-order valence-corrected chi connectivity index (χ3v) is 2.95. The van der Waals surface area contributed by atoms with Gasteiger partial charge < -0.3 is 5.32 Å². The molecule has 0 aliphatic rings. The van der Waals surface area contributed by atoms with E-state index in [-0.39, 0.29) is 5.91 Å². The van der Waals surface area contributed by atoms with Gasteiger partial charge >= 0.3 is 0 Å². The molecule has 4 nitrogen and oxygen atoms in total. The Morgan fingerprint density at radius 1 is 1.33 bits per heavy atom. The van der Waals surface area contributed by atoms with E-state index >= 15 is 0 Å². The molecule has 0 bridgehead atoms. The zero-order valence-electron chi connectivity index (χ0n) is 9.82. The van der Waals surface area contributed by atoms with Crippen molar-refractivity contribution in [1.29, 1.82) is 0 Å². The number of H-pyrrole nitrogens is 1. The minimum atomic E-state index is -0.0254. The summed E-state index contributed by atoms with van der Waals surface area (Å²) in [6.45, 7) is 0.589. The van der Waals surface area contributed by atoms with Crippen molar-refractivity contribution in [2.24, 2.45) is 0 Å². The molecule has 0 atom stereocenters. The Balaban J connectivity index is 1.77. The zero-order valence-corrected chi connectivity index (χ0v) is 10.6. The predicted molar refractivity (Wildman–Crippen MR) is 70.5 cm³/mol. The highest BCUT2D eigenvalue weighted by molar-refractivity contribution is 6.31.